The topological polar surface area (TPSA) is 54.5 Å². The van der Waals surface area contributed by atoms with Crippen LogP contribution in [-0.2, 0) is 11.3 Å². The third-order valence-corrected chi connectivity index (χ3v) is 2.68. The standard InChI is InChI=1S/C12H17N3O2/c16-12(15-7-2-5-13-6-8-15)17-10-11-3-1-4-14-9-11/h1,3-4,9,13H,2,5-8,10H2. The maximum Gasteiger partial charge on any atom is 0.410 e. The Balaban J connectivity index is 1.80. The highest BCUT2D eigenvalue weighted by molar-refractivity contribution is 5.67. The maximum absolute atomic E-state index is 11.8. The number of carbonyl (C=O) groups is 1. The smallest absolute Gasteiger partial charge is 0.410 e. The third-order valence-electron chi connectivity index (χ3n) is 2.68. The van der Waals surface area contributed by atoms with Gasteiger partial charge in [-0.15, -0.1) is 0 Å². The second kappa shape index (κ2) is 6.20. The SMILES string of the molecule is O=C(OCc1cccnc1)N1CCCNCC1. The van der Waals surface area contributed by atoms with Crippen molar-refractivity contribution in [2.75, 3.05) is 26.2 Å². The number of hydrogen-bond acceptors (Lipinski definition) is 4. The molecule has 1 aliphatic heterocycles. The molecule has 1 aromatic heterocycles. The van der Waals surface area contributed by atoms with Crippen molar-refractivity contribution in [3.63, 3.8) is 0 Å². The van der Waals surface area contributed by atoms with Crippen LogP contribution in [0, 0.1) is 0 Å². The lowest BCUT2D eigenvalue weighted by Crippen LogP contribution is -2.34. The average molecular weight is 235 g/mol. The van der Waals surface area contributed by atoms with Gasteiger partial charge < -0.3 is 15.0 Å². The largest absolute Gasteiger partial charge is 0.444 e. The molecule has 0 atom stereocenters. The Bertz CT molecular complexity index is 348. The molecule has 0 bridgehead atoms. The zero-order chi connectivity index (χ0) is 11.9. The van der Waals surface area contributed by atoms with Crippen molar-refractivity contribution in [3.05, 3.63) is 30.1 Å². The van der Waals surface area contributed by atoms with Crippen molar-refractivity contribution in [1.82, 2.24) is 15.2 Å². The zero-order valence-electron chi connectivity index (χ0n) is 9.76. The first-order chi connectivity index (χ1) is 8.36. The summed E-state index contributed by atoms with van der Waals surface area (Å²) in [6.45, 7) is 3.57. The van der Waals surface area contributed by atoms with Gasteiger partial charge in [0.2, 0.25) is 0 Å². The Morgan fingerprint density at radius 1 is 1.47 bits per heavy atom. The number of ether oxygens (including phenoxy) is 1. The quantitative estimate of drug-likeness (QED) is 0.831. The van der Waals surface area contributed by atoms with Crippen molar-refractivity contribution < 1.29 is 9.53 Å². The van der Waals surface area contributed by atoms with E-state index in [1.165, 1.54) is 0 Å². The van der Waals surface area contributed by atoms with Crippen LogP contribution in [0.1, 0.15) is 12.0 Å². The Hall–Kier alpha value is -1.62. The molecular formula is C12H17N3O2. The normalized spacial score (nSPS) is 16.4. The summed E-state index contributed by atoms with van der Waals surface area (Å²) in [6.07, 6.45) is 4.14. The number of carbonyl (C=O) groups excluding carboxylic acids is 1. The van der Waals surface area contributed by atoms with E-state index in [0.717, 1.165) is 31.6 Å². The molecule has 0 saturated carbocycles. The lowest BCUT2D eigenvalue weighted by atomic mass is 10.3. The van der Waals surface area contributed by atoms with Crippen LogP contribution in [0.4, 0.5) is 4.79 Å². The second-order valence-corrected chi connectivity index (χ2v) is 4.01. The molecule has 1 aliphatic rings. The van der Waals surface area contributed by atoms with Gasteiger partial charge in [-0.2, -0.15) is 0 Å². The fourth-order valence-electron chi connectivity index (χ4n) is 1.75. The molecule has 0 radical (unpaired) electrons. The first-order valence-electron chi connectivity index (χ1n) is 5.87. The number of amides is 1. The second-order valence-electron chi connectivity index (χ2n) is 4.01. The number of nitrogens with one attached hydrogen (secondary N) is 1. The van der Waals surface area contributed by atoms with Gasteiger partial charge in [0.25, 0.3) is 0 Å². The molecule has 0 aliphatic carbocycles. The number of nitrogens with zero attached hydrogens (tertiary/aromatic N) is 2. The number of pyridine rings is 1. The Labute approximate surface area is 101 Å². The summed E-state index contributed by atoms with van der Waals surface area (Å²) in [4.78, 5) is 17.5. The molecule has 0 unspecified atom stereocenters. The molecule has 0 aromatic carbocycles. The van der Waals surface area contributed by atoms with E-state index in [1.807, 2.05) is 12.1 Å². The highest BCUT2D eigenvalue weighted by atomic mass is 16.6. The van der Waals surface area contributed by atoms with E-state index in [4.69, 9.17) is 4.74 Å². The molecule has 2 heterocycles. The van der Waals surface area contributed by atoms with Crippen LogP contribution in [-0.4, -0.2) is 42.2 Å². The van der Waals surface area contributed by atoms with E-state index in [-0.39, 0.29) is 12.7 Å². The van der Waals surface area contributed by atoms with Gasteiger partial charge in [0.1, 0.15) is 6.61 Å². The van der Waals surface area contributed by atoms with Gasteiger partial charge in [0, 0.05) is 37.6 Å². The number of hydrogen-bond donors (Lipinski definition) is 1. The maximum atomic E-state index is 11.8. The van der Waals surface area contributed by atoms with E-state index in [0.29, 0.717) is 6.54 Å². The van der Waals surface area contributed by atoms with Gasteiger partial charge in [-0.1, -0.05) is 6.07 Å². The molecule has 92 valence electrons. The van der Waals surface area contributed by atoms with Crippen molar-refractivity contribution in [1.29, 1.82) is 0 Å². The number of rotatable bonds is 2. The van der Waals surface area contributed by atoms with E-state index < -0.39 is 0 Å². The van der Waals surface area contributed by atoms with Gasteiger partial charge >= 0.3 is 6.09 Å². The summed E-state index contributed by atoms with van der Waals surface area (Å²) in [5.74, 6) is 0. The van der Waals surface area contributed by atoms with Crippen LogP contribution in [0.5, 0.6) is 0 Å². The molecular weight excluding hydrogens is 218 g/mol. The van der Waals surface area contributed by atoms with Crippen molar-refractivity contribution in [2.24, 2.45) is 0 Å². The van der Waals surface area contributed by atoms with Gasteiger partial charge in [-0.3, -0.25) is 4.98 Å². The van der Waals surface area contributed by atoms with E-state index in [1.54, 1.807) is 17.3 Å². The van der Waals surface area contributed by atoms with Gasteiger partial charge in [-0.25, -0.2) is 4.79 Å². The predicted molar refractivity (Wildman–Crippen MR) is 63.5 cm³/mol. The van der Waals surface area contributed by atoms with E-state index >= 15 is 0 Å². The minimum atomic E-state index is -0.238. The van der Waals surface area contributed by atoms with Crippen LogP contribution in [0.2, 0.25) is 0 Å². The average Bonchev–Trinajstić information content (AvgIpc) is 2.66. The van der Waals surface area contributed by atoms with Gasteiger partial charge in [0.15, 0.2) is 0 Å². The van der Waals surface area contributed by atoms with E-state index in [2.05, 4.69) is 10.3 Å². The molecule has 1 aromatic rings. The monoisotopic (exact) mass is 235 g/mol. The molecule has 5 heteroatoms. The fraction of sp³-hybridized carbons (Fsp3) is 0.500. The summed E-state index contributed by atoms with van der Waals surface area (Å²) in [7, 11) is 0. The van der Waals surface area contributed by atoms with Crippen LogP contribution >= 0.6 is 0 Å². The summed E-state index contributed by atoms with van der Waals surface area (Å²) in [5.41, 5.74) is 0.911. The van der Waals surface area contributed by atoms with Crippen LogP contribution < -0.4 is 5.32 Å². The molecule has 1 saturated heterocycles. The van der Waals surface area contributed by atoms with E-state index in [9.17, 15) is 4.79 Å². The predicted octanol–water partition coefficient (Wildman–Crippen LogP) is 1.01. The summed E-state index contributed by atoms with van der Waals surface area (Å²) >= 11 is 0. The molecule has 1 amide bonds. The molecule has 5 nitrogen and oxygen atoms in total. The first-order valence-corrected chi connectivity index (χ1v) is 5.87. The van der Waals surface area contributed by atoms with Crippen LogP contribution in [0.25, 0.3) is 0 Å². The van der Waals surface area contributed by atoms with Crippen molar-refractivity contribution in [3.8, 4) is 0 Å². The molecule has 1 fully saturated rings. The lowest BCUT2D eigenvalue weighted by molar-refractivity contribution is 0.0984. The van der Waals surface area contributed by atoms with Crippen molar-refractivity contribution in [2.45, 2.75) is 13.0 Å². The van der Waals surface area contributed by atoms with Crippen LogP contribution in [0.15, 0.2) is 24.5 Å². The third kappa shape index (κ3) is 3.71. The highest BCUT2D eigenvalue weighted by Gasteiger charge is 2.16. The zero-order valence-corrected chi connectivity index (χ0v) is 9.76. The molecule has 17 heavy (non-hydrogen) atoms. The summed E-state index contributed by atoms with van der Waals surface area (Å²) in [6, 6.07) is 3.73. The Kier molecular flexibility index (Phi) is 4.32. The minimum Gasteiger partial charge on any atom is -0.444 e. The number of aromatic nitrogens is 1. The highest BCUT2D eigenvalue weighted by Crippen LogP contribution is 2.03. The molecule has 0 spiro atoms. The minimum absolute atomic E-state index is 0.238. The molecule has 2 rings (SSSR count). The lowest BCUT2D eigenvalue weighted by Gasteiger charge is -2.19. The van der Waals surface area contributed by atoms with Gasteiger partial charge in [0.05, 0.1) is 0 Å². The van der Waals surface area contributed by atoms with Gasteiger partial charge in [-0.05, 0) is 19.0 Å². The Morgan fingerprint density at radius 3 is 3.24 bits per heavy atom. The summed E-state index contributed by atoms with van der Waals surface area (Å²) in [5, 5.41) is 3.25. The fourth-order valence-corrected chi connectivity index (χ4v) is 1.75. The first kappa shape index (κ1) is 11.9. The molecule has 1 N–H and O–H groups in total. The summed E-state index contributed by atoms with van der Waals surface area (Å²) < 4.78 is 5.24. The van der Waals surface area contributed by atoms with Crippen LogP contribution in [0.3, 0.4) is 0 Å². The Morgan fingerprint density at radius 2 is 2.41 bits per heavy atom. The van der Waals surface area contributed by atoms with Crippen molar-refractivity contribution >= 4 is 6.09 Å².